The van der Waals surface area contributed by atoms with E-state index in [4.69, 9.17) is 9.47 Å². The lowest BCUT2D eigenvalue weighted by Crippen LogP contribution is -2.38. The van der Waals surface area contributed by atoms with E-state index in [0.717, 1.165) is 34.7 Å². The van der Waals surface area contributed by atoms with Crippen LogP contribution in [0.5, 0.6) is 5.75 Å². The fourth-order valence-electron chi connectivity index (χ4n) is 4.76. The highest BCUT2D eigenvalue weighted by molar-refractivity contribution is 6.04. The van der Waals surface area contributed by atoms with Crippen LogP contribution in [0.25, 0.3) is 0 Å². The Kier molecular flexibility index (Phi) is 6.41. The minimum Gasteiger partial charge on any atom is -0.494 e. The molecule has 0 radical (unpaired) electrons. The number of hydrogen-bond acceptors (Lipinski definition) is 5. The highest BCUT2D eigenvalue weighted by Gasteiger charge is 2.43. The second-order valence-electron chi connectivity index (χ2n) is 9.49. The summed E-state index contributed by atoms with van der Waals surface area (Å²) in [5, 5.41) is 3.38. The van der Waals surface area contributed by atoms with Crippen molar-refractivity contribution in [3.05, 3.63) is 88.3 Å². The minimum atomic E-state index is -0.469. The predicted octanol–water partition coefficient (Wildman–Crippen LogP) is 5.43. The highest BCUT2D eigenvalue weighted by Crippen LogP contribution is 2.47. The summed E-state index contributed by atoms with van der Waals surface area (Å²) in [7, 11) is 0. The third-order valence-electron chi connectivity index (χ3n) is 6.20. The van der Waals surface area contributed by atoms with Gasteiger partial charge in [-0.05, 0) is 48.9 Å². The van der Waals surface area contributed by atoms with E-state index in [1.807, 2.05) is 68.4 Å². The Morgan fingerprint density at radius 3 is 2.42 bits per heavy atom. The number of hydrogen-bond donors (Lipinski definition) is 1. The SMILES string of the molecule is CCOc1ccc(C2C(C(=O)OCc3ccccc3)=C(C)NC3=C2C(=O)CC(C)(C)C3)cc1. The number of Topliss-reactive ketones (excluding diaryl/α,β-unsaturated/α-hetero) is 1. The number of esters is 1. The molecular weight excluding hydrogens is 414 g/mol. The number of rotatable bonds is 6. The summed E-state index contributed by atoms with van der Waals surface area (Å²) in [6.07, 6.45) is 1.21. The number of ketones is 1. The van der Waals surface area contributed by atoms with Gasteiger partial charge in [0, 0.05) is 29.3 Å². The molecule has 1 unspecified atom stereocenters. The molecule has 2 aromatic rings. The van der Waals surface area contributed by atoms with E-state index in [9.17, 15) is 9.59 Å². The quantitative estimate of drug-likeness (QED) is 0.601. The van der Waals surface area contributed by atoms with E-state index in [-0.39, 0.29) is 17.8 Å². The molecule has 5 heteroatoms. The van der Waals surface area contributed by atoms with Gasteiger partial charge in [0.2, 0.25) is 0 Å². The van der Waals surface area contributed by atoms with E-state index >= 15 is 0 Å². The summed E-state index contributed by atoms with van der Waals surface area (Å²) in [5.41, 5.74) is 4.48. The molecule has 0 saturated heterocycles. The van der Waals surface area contributed by atoms with Crippen molar-refractivity contribution in [2.75, 3.05) is 6.61 Å². The van der Waals surface area contributed by atoms with Gasteiger partial charge in [-0.25, -0.2) is 4.79 Å². The van der Waals surface area contributed by atoms with Crippen molar-refractivity contribution in [3.8, 4) is 5.75 Å². The van der Waals surface area contributed by atoms with Gasteiger partial charge in [0.05, 0.1) is 12.2 Å². The summed E-state index contributed by atoms with van der Waals surface area (Å²) in [6, 6.07) is 17.3. The summed E-state index contributed by atoms with van der Waals surface area (Å²) in [6.45, 7) is 8.78. The summed E-state index contributed by atoms with van der Waals surface area (Å²) in [4.78, 5) is 26.7. The van der Waals surface area contributed by atoms with Crippen molar-refractivity contribution in [3.63, 3.8) is 0 Å². The minimum absolute atomic E-state index is 0.0773. The molecule has 2 aromatic carbocycles. The Hall–Kier alpha value is -3.34. The smallest absolute Gasteiger partial charge is 0.337 e. The van der Waals surface area contributed by atoms with Gasteiger partial charge >= 0.3 is 5.97 Å². The van der Waals surface area contributed by atoms with E-state index in [2.05, 4.69) is 19.2 Å². The molecule has 0 spiro atoms. The van der Waals surface area contributed by atoms with Gasteiger partial charge in [0.15, 0.2) is 5.78 Å². The number of carbonyl (C=O) groups is 2. The van der Waals surface area contributed by atoms with Gasteiger partial charge in [0.1, 0.15) is 12.4 Å². The molecule has 1 N–H and O–H groups in total. The van der Waals surface area contributed by atoms with Gasteiger partial charge in [-0.3, -0.25) is 4.79 Å². The van der Waals surface area contributed by atoms with Crippen LogP contribution >= 0.6 is 0 Å². The fraction of sp³-hybridized carbons (Fsp3) is 0.357. The van der Waals surface area contributed by atoms with Crippen LogP contribution in [0.1, 0.15) is 57.6 Å². The number of allylic oxidation sites excluding steroid dienone is 3. The zero-order valence-corrected chi connectivity index (χ0v) is 19.7. The van der Waals surface area contributed by atoms with Gasteiger partial charge in [-0.1, -0.05) is 56.3 Å². The Labute approximate surface area is 195 Å². The average molecular weight is 446 g/mol. The third kappa shape index (κ3) is 4.87. The molecule has 1 aliphatic heterocycles. The lowest BCUT2D eigenvalue weighted by molar-refractivity contribution is -0.140. The van der Waals surface area contributed by atoms with Crippen LogP contribution in [-0.2, 0) is 20.9 Å². The van der Waals surface area contributed by atoms with Crippen LogP contribution in [0.15, 0.2) is 77.1 Å². The largest absolute Gasteiger partial charge is 0.494 e. The second-order valence-corrected chi connectivity index (χ2v) is 9.49. The molecule has 33 heavy (non-hydrogen) atoms. The summed E-state index contributed by atoms with van der Waals surface area (Å²) >= 11 is 0. The number of benzene rings is 2. The van der Waals surface area contributed by atoms with Crippen LogP contribution < -0.4 is 10.1 Å². The monoisotopic (exact) mass is 445 g/mol. The van der Waals surface area contributed by atoms with Crippen molar-refractivity contribution in [2.45, 2.75) is 53.1 Å². The molecule has 0 aromatic heterocycles. The first-order valence-electron chi connectivity index (χ1n) is 11.5. The van der Waals surface area contributed by atoms with Crippen LogP contribution in [0.2, 0.25) is 0 Å². The first-order valence-corrected chi connectivity index (χ1v) is 11.5. The standard InChI is InChI=1S/C28H31NO4/c1-5-32-21-13-11-20(12-14-21)25-24(27(31)33-17-19-9-7-6-8-10-19)18(2)29-22-15-28(3,4)16-23(30)26(22)25/h6-14,25,29H,5,15-17H2,1-4H3. The van der Waals surface area contributed by atoms with E-state index in [0.29, 0.717) is 24.2 Å². The number of ether oxygens (including phenoxy) is 2. The van der Waals surface area contributed by atoms with E-state index in [1.54, 1.807) is 0 Å². The highest BCUT2D eigenvalue weighted by atomic mass is 16.5. The van der Waals surface area contributed by atoms with Crippen molar-refractivity contribution >= 4 is 11.8 Å². The maximum absolute atomic E-state index is 13.4. The van der Waals surface area contributed by atoms with Crippen LogP contribution in [0.4, 0.5) is 0 Å². The Morgan fingerprint density at radius 1 is 1.06 bits per heavy atom. The predicted molar refractivity (Wildman–Crippen MR) is 127 cm³/mol. The van der Waals surface area contributed by atoms with E-state index in [1.165, 1.54) is 0 Å². The topological polar surface area (TPSA) is 64.6 Å². The van der Waals surface area contributed by atoms with Crippen molar-refractivity contribution < 1.29 is 19.1 Å². The number of carbonyl (C=O) groups excluding carboxylic acids is 2. The Morgan fingerprint density at radius 2 is 1.76 bits per heavy atom. The van der Waals surface area contributed by atoms with Crippen molar-refractivity contribution in [1.82, 2.24) is 5.32 Å². The number of dihydropyridines is 1. The molecule has 1 heterocycles. The Bertz CT molecular complexity index is 1110. The van der Waals surface area contributed by atoms with Gasteiger partial charge in [-0.2, -0.15) is 0 Å². The molecule has 1 atom stereocenters. The molecule has 4 rings (SSSR count). The fourth-order valence-corrected chi connectivity index (χ4v) is 4.76. The van der Waals surface area contributed by atoms with Crippen LogP contribution in [0.3, 0.4) is 0 Å². The maximum atomic E-state index is 13.4. The third-order valence-corrected chi connectivity index (χ3v) is 6.20. The number of nitrogens with one attached hydrogen (secondary N) is 1. The Balaban J connectivity index is 1.72. The van der Waals surface area contributed by atoms with Crippen LogP contribution in [0, 0.1) is 5.41 Å². The second kappa shape index (κ2) is 9.26. The molecule has 1 aliphatic carbocycles. The average Bonchev–Trinajstić information content (AvgIpc) is 2.77. The molecule has 2 aliphatic rings. The first kappa shape index (κ1) is 22.8. The molecule has 0 amide bonds. The molecule has 5 nitrogen and oxygen atoms in total. The molecule has 0 fully saturated rings. The van der Waals surface area contributed by atoms with Crippen molar-refractivity contribution in [2.24, 2.45) is 5.41 Å². The lowest BCUT2D eigenvalue weighted by Gasteiger charge is -2.39. The molecule has 0 bridgehead atoms. The van der Waals surface area contributed by atoms with Gasteiger partial charge < -0.3 is 14.8 Å². The zero-order valence-electron chi connectivity index (χ0n) is 19.7. The van der Waals surface area contributed by atoms with Gasteiger partial charge in [0.25, 0.3) is 0 Å². The molecule has 0 saturated carbocycles. The molecule has 172 valence electrons. The molecular formula is C28H31NO4. The van der Waals surface area contributed by atoms with Crippen molar-refractivity contribution in [1.29, 1.82) is 0 Å². The normalized spacial score (nSPS) is 19.6. The van der Waals surface area contributed by atoms with Crippen LogP contribution in [-0.4, -0.2) is 18.4 Å². The summed E-state index contributed by atoms with van der Waals surface area (Å²) in [5.74, 6) is -0.0430. The lowest BCUT2D eigenvalue weighted by atomic mass is 9.68. The first-order chi connectivity index (χ1) is 15.8. The van der Waals surface area contributed by atoms with Gasteiger partial charge in [-0.15, -0.1) is 0 Å². The van der Waals surface area contributed by atoms with E-state index < -0.39 is 11.9 Å². The summed E-state index contributed by atoms with van der Waals surface area (Å²) < 4.78 is 11.3. The maximum Gasteiger partial charge on any atom is 0.337 e. The zero-order chi connectivity index (χ0) is 23.6.